The summed E-state index contributed by atoms with van der Waals surface area (Å²) in [5.41, 5.74) is 0. The number of phosphoric acid groups is 1. The largest absolute Gasteiger partial charge is 0.480 e. The predicted octanol–water partition coefficient (Wildman–Crippen LogP) is 11.3. The maximum Gasteiger partial charge on any atom is 0.472 e. The van der Waals surface area contributed by atoms with Gasteiger partial charge in [-0.3, -0.25) is 18.6 Å². The zero-order valence-corrected chi connectivity index (χ0v) is 36.7. The molecule has 0 aromatic rings. The van der Waals surface area contributed by atoms with Crippen molar-refractivity contribution >= 4 is 25.7 Å². The first kappa shape index (κ1) is 54.9. The number of nitrogens with one attached hydrogen (secondary N) is 1. The molecule has 0 aliphatic heterocycles. The molecule has 0 spiro atoms. The highest BCUT2D eigenvalue weighted by Gasteiger charge is 2.28. The average Bonchev–Trinajstić information content (AvgIpc) is 3.20. The fourth-order valence-corrected chi connectivity index (χ4v) is 6.28. The molecule has 1 amide bonds. The van der Waals surface area contributed by atoms with E-state index in [-0.39, 0.29) is 12.8 Å². The molecular formula is C46H78NO10P. The summed E-state index contributed by atoms with van der Waals surface area (Å²) in [6.45, 7) is 2.45. The molecule has 3 atom stereocenters. The van der Waals surface area contributed by atoms with Gasteiger partial charge in [-0.15, -0.1) is 0 Å². The van der Waals surface area contributed by atoms with E-state index in [9.17, 15) is 34.1 Å². The van der Waals surface area contributed by atoms with Crippen LogP contribution in [-0.4, -0.2) is 64.9 Å². The Morgan fingerprint density at radius 1 is 0.552 bits per heavy atom. The molecule has 0 saturated carbocycles. The van der Waals surface area contributed by atoms with E-state index >= 15 is 0 Å². The number of carbonyl (C=O) groups is 3. The van der Waals surface area contributed by atoms with Gasteiger partial charge >= 0.3 is 19.8 Å². The summed E-state index contributed by atoms with van der Waals surface area (Å²) in [6, 6.07) is -1.56. The van der Waals surface area contributed by atoms with Crippen molar-refractivity contribution in [3.63, 3.8) is 0 Å². The molecule has 3 unspecified atom stereocenters. The van der Waals surface area contributed by atoms with Crippen LogP contribution in [0, 0.1) is 0 Å². The van der Waals surface area contributed by atoms with E-state index in [1.807, 2.05) is 0 Å². The Bertz CT molecular complexity index is 1260. The van der Waals surface area contributed by atoms with Crippen LogP contribution in [0.4, 0.5) is 0 Å². The van der Waals surface area contributed by atoms with Crippen molar-refractivity contribution < 1.29 is 47.8 Å². The second-order valence-corrected chi connectivity index (χ2v) is 16.0. The summed E-state index contributed by atoms with van der Waals surface area (Å²) >= 11 is 0. The molecule has 0 aliphatic rings. The molecule has 0 radical (unpaired) electrons. The monoisotopic (exact) mass is 836 g/mol. The number of ether oxygens (including phenoxy) is 1. The number of aliphatic carboxylic acids is 1. The molecule has 11 nitrogen and oxygen atoms in total. The number of unbranched alkanes of at least 4 members (excludes halogenated alkanes) is 14. The first-order valence-corrected chi connectivity index (χ1v) is 23.5. The lowest BCUT2D eigenvalue weighted by molar-refractivity contribution is -0.147. The quantitative estimate of drug-likeness (QED) is 0.0202. The van der Waals surface area contributed by atoms with Gasteiger partial charge in [-0.05, 0) is 83.5 Å². The lowest BCUT2D eigenvalue weighted by atomic mass is 10.1. The zero-order valence-electron chi connectivity index (χ0n) is 35.8. The minimum Gasteiger partial charge on any atom is -0.480 e. The van der Waals surface area contributed by atoms with Crippen molar-refractivity contribution in [2.75, 3.05) is 19.8 Å². The summed E-state index contributed by atoms with van der Waals surface area (Å²) in [7, 11) is -4.77. The summed E-state index contributed by atoms with van der Waals surface area (Å²) in [5.74, 6) is -2.42. The van der Waals surface area contributed by atoms with Gasteiger partial charge in [0.25, 0.3) is 0 Å². The van der Waals surface area contributed by atoms with Crippen molar-refractivity contribution in [3.8, 4) is 0 Å². The maximum atomic E-state index is 12.3. The van der Waals surface area contributed by atoms with Crippen LogP contribution in [0.1, 0.15) is 168 Å². The number of hydrogen-bond acceptors (Lipinski definition) is 8. The number of aliphatic hydroxyl groups excluding tert-OH is 1. The van der Waals surface area contributed by atoms with E-state index < -0.39 is 57.6 Å². The van der Waals surface area contributed by atoms with Crippen LogP contribution in [0.25, 0.3) is 0 Å². The number of hydrogen-bond donors (Lipinski definition) is 4. The summed E-state index contributed by atoms with van der Waals surface area (Å²) in [6.07, 6.45) is 47.8. The summed E-state index contributed by atoms with van der Waals surface area (Å²) < 4.78 is 26.8. The number of carbonyl (C=O) groups excluding carboxylic acids is 2. The van der Waals surface area contributed by atoms with Gasteiger partial charge in [0.15, 0.2) is 6.04 Å². The van der Waals surface area contributed by atoms with Crippen LogP contribution < -0.4 is 5.32 Å². The highest BCUT2D eigenvalue weighted by Crippen LogP contribution is 2.43. The third-order valence-corrected chi connectivity index (χ3v) is 9.90. The number of amides is 1. The van der Waals surface area contributed by atoms with Gasteiger partial charge in [0.1, 0.15) is 12.7 Å². The van der Waals surface area contributed by atoms with E-state index in [0.29, 0.717) is 12.8 Å². The predicted molar refractivity (Wildman–Crippen MR) is 235 cm³/mol. The Hall–Kier alpha value is -3.08. The molecule has 0 aromatic carbocycles. The van der Waals surface area contributed by atoms with Crippen LogP contribution in [-0.2, 0) is 32.7 Å². The SMILES string of the molecule is CCC/C=C\C/C=C\CCCCCCCC(=O)OCC(O)COP(=O)(O)OCC(NC(=O)CCCCCCC/C=C\C/C=C\C/C=C\C/C=C\CCCCC)C(=O)O. The molecule has 332 valence electrons. The van der Waals surface area contributed by atoms with Crippen LogP contribution in [0.5, 0.6) is 0 Å². The third kappa shape index (κ3) is 39.7. The number of esters is 1. The van der Waals surface area contributed by atoms with Crippen molar-refractivity contribution in [1.82, 2.24) is 5.32 Å². The Morgan fingerprint density at radius 3 is 1.48 bits per heavy atom. The second-order valence-electron chi connectivity index (χ2n) is 14.5. The number of carboxylic acid groups (broad SMARTS) is 1. The fourth-order valence-electron chi connectivity index (χ4n) is 5.51. The molecule has 58 heavy (non-hydrogen) atoms. The molecule has 0 fully saturated rings. The van der Waals surface area contributed by atoms with Gasteiger partial charge in [-0.25, -0.2) is 9.36 Å². The minimum atomic E-state index is -4.77. The first-order chi connectivity index (χ1) is 28.1. The van der Waals surface area contributed by atoms with E-state index in [1.165, 1.54) is 32.1 Å². The molecular weight excluding hydrogens is 757 g/mol. The first-order valence-electron chi connectivity index (χ1n) is 22.0. The van der Waals surface area contributed by atoms with Crippen molar-refractivity contribution in [2.24, 2.45) is 0 Å². The lowest BCUT2D eigenvalue weighted by Crippen LogP contribution is -2.43. The summed E-state index contributed by atoms with van der Waals surface area (Å²) in [4.78, 5) is 45.9. The Kier molecular flexibility index (Phi) is 38.5. The van der Waals surface area contributed by atoms with E-state index in [2.05, 4.69) is 92.1 Å². The number of aliphatic hydroxyl groups is 1. The van der Waals surface area contributed by atoms with E-state index in [1.54, 1.807) is 0 Å². The molecule has 4 N–H and O–H groups in total. The topological polar surface area (TPSA) is 169 Å². The standard InChI is InChI=1S/C46H78NO10P/c1-3-5-7-9-11-13-15-17-18-19-20-21-22-23-24-26-27-29-31-33-35-37-44(49)47-43(46(51)52)41-57-58(53,54)56-40-42(48)39-55-45(50)38-36-34-32-30-28-25-16-14-12-10-8-6-4-2/h8,10-11,13-14,16-18,20-21,23-24,42-43,48H,3-7,9,12,15,19,22,25-41H2,1-2H3,(H,47,49)(H,51,52)(H,53,54)/b10-8-,13-11-,16-14-,18-17-,21-20-,24-23-. The van der Waals surface area contributed by atoms with Gasteiger partial charge in [-0.1, -0.05) is 145 Å². The number of rotatable bonds is 40. The van der Waals surface area contributed by atoms with Gasteiger partial charge in [0.2, 0.25) is 5.91 Å². The Labute approximate surface area is 350 Å². The lowest BCUT2D eigenvalue weighted by Gasteiger charge is -2.18. The molecule has 12 heteroatoms. The highest BCUT2D eigenvalue weighted by molar-refractivity contribution is 7.47. The molecule has 0 rings (SSSR count). The van der Waals surface area contributed by atoms with Crippen LogP contribution in [0.15, 0.2) is 72.9 Å². The molecule has 0 aliphatic carbocycles. The van der Waals surface area contributed by atoms with Crippen molar-refractivity contribution in [2.45, 2.75) is 180 Å². The fraction of sp³-hybridized carbons (Fsp3) is 0.674. The van der Waals surface area contributed by atoms with Crippen LogP contribution >= 0.6 is 7.82 Å². The van der Waals surface area contributed by atoms with Gasteiger partial charge < -0.3 is 25.2 Å². The van der Waals surface area contributed by atoms with Crippen molar-refractivity contribution in [1.29, 1.82) is 0 Å². The number of allylic oxidation sites excluding steroid dienone is 12. The normalized spacial score (nSPS) is 14.4. The second kappa shape index (κ2) is 40.7. The number of carboxylic acids is 1. The Balaban J connectivity index is 3.98. The highest BCUT2D eigenvalue weighted by atomic mass is 31.2. The summed E-state index contributed by atoms with van der Waals surface area (Å²) in [5, 5.41) is 21.8. The van der Waals surface area contributed by atoms with Crippen LogP contribution in [0.2, 0.25) is 0 Å². The Morgan fingerprint density at radius 2 is 0.983 bits per heavy atom. The molecule has 0 bridgehead atoms. The average molecular weight is 836 g/mol. The van der Waals surface area contributed by atoms with Gasteiger partial charge in [0, 0.05) is 12.8 Å². The van der Waals surface area contributed by atoms with Gasteiger partial charge in [-0.2, -0.15) is 0 Å². The van der Waals surface area contributed by atoms with Crippen molar-refractivity contribution in [3.05, 3.63) is 72.9 Å². The smallest absolute Gasteiger partial charge is 0.472 e. The molecule has 0 saturated heterocycles. The van der Waals surface area contributed by atoms with E-state index in [0.717, 1.165) is 96.3 Å². The number of phosphoric ester groups is 1. The van der Waals surface area contributed by atoms with Crippen LogP contribution in [0.3, 0.4) is 0 Å². The maximum absolute atomic E-state index is 12.3. The minimum absolute atomic E-state index is 0.120. The molecule has 0 heterocycles. The zero-order chi connectivity index (χ0) is 42.8. The third-order valence-electron chi connectivity index (χ3n) is 8.95. The van der Waals surface area contributed by atoms with E-state index in [4.69, 9.17) is 13.8 Å². The van der Waals surface area contributed by atoms with Gasteiger partial charge in [0.05, 0.1) is 13.2 Å². The molecule has 0 aromatic heterocycles.